The molecule has 0 amide bonds. The third-order valence-corrected chi connectivity index (χ3v) is 3.42. The summed E-state index contributed by atoms with van der Waals surface area (Å²) in [5.74, 6) is 2.55. The Morgan fingerprint density at radius 3 is 2.30 bits per heavy atom. The second-order valence-corrected chi connectivity index (χ2v) is 4.99. The summed E-state index contributed by atoms with van der Waals surface area (Å²) >= 11 is 0. The van der Waals surface area contributed by atoms with Crippen molar-refractivity contribution in [2.45, 2.75) is 18.9 Å². The molecule has 1 atom stereocenters. The molecule has 0 bridgehead atoms. The zero-order valence-electron chi connectivity index (χ0n) is 11.4. The van der Waals surface area contributed by atoms with Crippen molar-refractivity contribution >= 4 is 0 Å². The molecule has 1 fully saturated rings. The van der Waals surface area contributed by atoms with Crippen molar-refractivity contribution in [3.63, 3.8) is 0 Å². The normalized spacial score (nSPS) is 17.9. The molecule has 0 radical (unpaired) electrons. The molecule has 1 saturated heterocycles. The molecule has 1 aliphatic heterocycles. The van der Waals surface area contributed by atoms with Crippen LogP contribution in [0.25, 0.3) is 0 Å². The molecule has 0 saturated carbocycles. The molecule has 20 heavy (non-hydrogen) atoms. The van der Waals surface area contributed by atoms with Gasteiger partial charge < -0.3 is 14.8 Å². The SMILES string of the molecule is c1ccc(Oc2ccc(OC[C@@H]3CCCN3)cc2)cc1. The van der Waals surface area contributed by atoms with Crippen molar-refractivity contribution in [2.24, 2.45) is 0 Å². The summed E-state index contributed by atoms with van der Waals surface area (Å²) < 4.78 is 11.5. The molecule has 1 aliphatic rings. The Balaban J connectivity index is 1.54. The fourth-order valence-corrected chi connectivity index (χ4v) is 2.32. The van der Waals surface area contributed by atoms with Gasteiger partial charge in [0.2, 0.25) is 0 Å². The highest BCUT2D eigenvalue weighted by atomic mass is 16.5. The van der Waals surface area contributed by atoms with Gasteiger partial charge in [-0.15, -0.1) is 0 Å². The van der Waals surface area contributed by atoms with Gasteiger partial charge in [0.25, 0.3) is 0 Å². The first-order chi connectivity index (χ1) is 9.90. The van der Waals surface area contributed by atoms with Gasteiger partial charge in [0.05, 0.1) is 0 Å². The Kier molecular flexibility index (Phi) is 4.19. The van der Waals surface area contributed by atoms with Gasteiger partial charge in [0.15, 0.2) is 0 Å². The van der Waals surface area contributed by atoms with E-state index in [1.54, 1.807) is 0 Å². The first kappa shape index (κ1) is 13.0. The Labute approximate surface area is 119 Å². The van der Waals surface area contributed by atoms with Crippen LogP contribution in [-0.4, -0.2) is 19.2 Å². The van der Waals surface area contributed by atoms with E-state index in [0.29, 0.717) is 6.04 Å². The summed E-state index contributed by atoms with van der Waals surface area (Å²) in [6, 6.07) is 18.0. The van der Waals surface area contributed by atoms with E-state index < -0.39 is 0 Å². The number of rotatable bonds is 5. The second kappa shape index (κ2) is 6.44. The van der Waals surface area contributed by atoms with Gasteiger partial charge in [-0.3, -0.25) is 0 Å². The summed E-state index contributed by atoms with van der Waals surface area (Å²) in [6.45, 7) is 1.84. The number of ether oxygens (including phenoxy) is 2. The van der Waals surface area contributed by atoms with Crippen LogP contribution in [0, 0.1) is 0 Å². The molecular weight excluding hydrogens is 250 g/mol. The largest absolute Gasteiger partial charge is 0.492 e. The third-order valence-electron chi connectivity index (χ3n) is 3.42. The fourth-order valence-electron chi connectivity index (χ4n) is 2.32. The monoisotopic (exact) mass is 269 g/mol. The van der Waals surface area contributed by atoms with Gasteiger partial charge in [-0.05, 0) is 55.8 Å². The van der Waals surface area contributed by atoms with Gasteiger partial charge in [-0.1, -0.05) is 18.2 Å². The van der Waals surface area contributed by atoms with Crippen LogP contribution < -0.4 is 14.8 Å². The van der Waals surface area contributed by atoms with E-state index in [0.717, 1.165) is 30.4 Å². The predicted octanol–water partition coefficient (Wildman–Crippen LogP) is 3.61. The quantitative estimate of drug-likeness (QED) is 0.899. The third kappa shape index (κ3) is 3.52. The summed E-state index contributed by atoms with van der Waals surface area (Å²) in [4.78, 5) is 0. The van der Waals surface area contributed by atoms with Crippen LogP contribution >= 0.6 is 0 Å². The molecule has 1 heterocycles. The van der Waals surface area contributed by atoms with Gasteiger partial charge >= 0.3 is 0 Å². The standard InChI is InChI=1S/C17H19NO2/c1-2-6-16(7-3-1)20-17-10-8-15(9-11-17)19-13-14-5-4-12-18-14/h1-3,6-11,14,18H,4-5,12-13H2/t14-/m0/s1. The maximum Gasteiger partial charge on any atom is 0.127 e. The van der Waals surface area contributed by atoms with E-state index in [1.807, 2.05) is 54.6 Å². The molecule has 0 unspecified atom stereocenters. The first-order valence-corrected chi connectivity index (χ1v) is 7.09. The van der Waals surface area contributed by atoms with Gasteiger partial charge in [0, 0.05) is 6.04 Å². The molecule has 0 spiro atoms. The van der Waals surface area contributed by atoms with Crippen LogP contribution in [0.3, 0.4) is 0 Å². The van der Waals surface area contributed by atoms with Crippen molar-refractivity contribution in [3.05, 3.63) is 54.6 Å². The molecular formula is C17H19NO2. The number of hydrogen-bond acceptors (Lipinski definition) is 3. The maximum absolute atomic E-state index is 5.78. The minimum atomic E-state index is 0.496. The number of hydrogen-bond donors (Lipinski definition) is 1. The molecule has 1 N–H and O–H groups in total. The highest BCUT2D eigenvalue weighted by Gasteiger charge is 2.14. The lowest BCUT2D eigenvalue weighted by Crippen LogP contribution is -2.28. The van der Waals surface area contributed by atoms with Gasteiger partial charge in [-0.2, -0.15) is 0 Å². The van der Waals surface area contributed by atoms with Crippen LogP contribution in [0.4, 0.5) is 0 Å². The molecule has 2 aromatic rings. The first-order valence-electron chi connectivity index (χ1n) is 7.09. The van der Waals surface area contributed by atoms with Gasteiger partial charge in [-0.25, -0.2) is 0 Å². The van der Waals surface area contributed by atoms with Crippen molar-refractivity contribution in [2.75, 3.05) is 13.2 Å². The highest BCUT2D eigenvalue weighted by molar-refractivity contribution is 5.35. The number of nitrogens with one attached hydrogen (secondary N) is 1. The van der Waals surface area contributed by atoms with E-state index in [2.05, 4.69) is 5.32 Å². The lowest BCUT2D eigenvalue weighted by Gasteiger charge is -2.12. The number of benzene rings is 2. The topological polar surface area (TPSA) is 30.5 Å². The van der Waals surface area contributed by atoms with Gasteiger partial charge in [0.1, 0.15) is 23.9 Å². The average Bonchev–Trinajstić information content (AvgIpc) is 3.01. The molecule has 3 rings (SSSR count). The van der Waals surface area contributed by atoms with Crippen molar-refractivity contribution in [1.29, 1.82) is 0 Å². The smallest absolute Gasteiger partial charge is 0.127 e. The van der Waals surface area contributed by atoms with Crippen molar-refractivity contribution in [1.82, 2.24) is 5.32 Å². The summed E-state index contributed by atoms with van der Waals surface area (Å²) in [5, 5.41) is 3.42. The van der Waals surface area contributed by atoms with Crippen molar-refractivity contribution < 1.29 is 9.47 Å². The van der Waals surface area contributed by atoms with E-state index in [1.165, 1.54) is 12.8 Å². The lowest BCUT2D eigenvalue weighted by molar-refractivity contribution is 0.277. The molecule has 2 aromatic carbocycles. The van der Waals surface area contributed by atoms with E-state index >= 15 is 0 Å². The second-order valence-electron chi connectivity index (χ2n) is 4.99. The lowest BCUT2D eigenvalue weighted by atomic mass is 10.2. The van der Waals surface area contributed by atoms with Crippen LogP contribution in [0.5, 0.6) is 17.2 Å². The number of para-hydroxylation sites is 1. The Morgan fingerprint density at radius 2 is 1.60 bits per heavy atom. The van der Waals surface area contributed by atoms with Crippen LogP contribution in [0.2, 0.25) is 0 Å². The summed E-state index contributed by atoms with van der Waals surface area (Å²) in [7, 11) is 0. The molecule has 104 valence electrons. The zero-order chi connectivity index (χ0) is 13.6. The predicted molar refractivity (Wildman–Crippen MR) is 79.5 cm³/mol. The molecule has 0 aliphatic carbocycles. The Bertz CT molecular complexity index is 518. The summed E-state index contributed by atoms with van der Waals surface area (Å²) in [5.41, 5.74) is 0. The van der Waals surface area contributed by atoms with Crippen molar-refractivity contribution in [3.8, 4) is 17.2 Å². The highest BCUT2D eigenvalue weighted by Crippen LogP contribution is 2.23. The van der Waals surface area contributed by atoms with E-state index in [-0.39, 0.29) is 0 Å². The Morgan fingerprint density at radius 1 is 0.900 bits per heavy atom. The van der Waals surface area contributed by atoms with E-state index in [9.17, 15) is 0 Å². The minimum absolute atomic E-state index is 0.496. The van der Waals surface area contributed by atoms with Crippen LogP contribution in [-0.2, 0) is 0 Å². The van der Waals surface area contributed by atoms with Crippen LogP contribution in [0.1, 0.15) is 12.8 Å². The van der Waals surface area contributed by atoms with E-state index in [4.69, 9.17) is 9.47 Å². The summed E-state index contributed by atoms with van der Waals surface area (Å²) in [6.07, 6.45) is 2.45. The molecule has 0 aromatic heterocycles. The van der Waals surface area contributed by atoms with Crippen LogP contribution in [0.15, 0.2) is 54.6 Å². The maximum atomic E-state index is 5.78. The minimum Gasteiger partial charge on any atom is -0.492 e. The molecule has 3 nitrogen and oxygen atoms in total. The Hall–Kier alpha value is -2.00. The zero-order valence-corrected chi connectivity index (χ0v) is 11.4. The molecule has 3 heteroatoms. The average molecular weight is 269 g/mol. The fraction of sp³-hybridized carbons (Fsp3) is 0.294.